The molecule has 0 unspecified atom stereocenters. The van der Waals surface area contributed by atoms with Crippen molar-refractivity contribution < 1.29 is 23.9 Å². The molecule has 3 aliphatic carbocycles. The first-order chi connectivity index (χ1) is 18.1. The fourth-order valence-corrected chi connectivity index (χ4v) is 7.34. The van der Waals surface area contributed by atoms with Gasteiger partial charge >= 0.3 is 5.97 Å². The zero-order valence-electron chi connectivity index (χ0n) is 20.4. The maximum Gasteiger partial charge on any atom is 0.337 e. The molecule has 3 atom stereocenters. The number of likely N-dealkylation sites (tertiary alicyclic amines) is 1. The van der Waals surface area contributed by atoms with E-state index in [2.05, 4.69) is 10.1 Å². The van der Waals surface area contributed by atoms with Crippen molar-refractivity contribution in [1.29, 1.82) is 0 Å². The molecule has 38 heavy (non-hydrogen) atoms. The van der Waals surface area contributed by atoms with E-state index in [9.17, 15) is 19.2 Å². The molecule has 7 nitrogen and oxygen atoms in total. The molecule has 0 radical (unpaired) electrons. The van der Waals surface area contributed by atoms with Crippen LogP contribution in [0.25, 0.3) is 0 Å². The lowest BCUT2D eigenvalue weighted by Gasteiger charge is -2.54. The third-order valence-electron chi connectivity index (χ3n) is 7.96. The van der Waals surface area contributed by atoms with E-state index in [1.165, 1.54) is 26.2 Å². The summed E-state index contributed by atoms with van der Waals surface area (Å²) in [5, 5.41) is 2.71. The number of benzene rings is 3. The van der Waals surface area contributed by atoms with Crippen LogP contribution in [-0.4, -0.2) is 41.7 Å². The molecule has 1 aliphatic heterocycles. The molecule has 3 amide bonds. The highest BCUT2D eigenvalue weighted by molar-refractivity contribution is 6.36. The van der Waals surface area contributed by atoms with Crippen LogP contribution < -0.4 is 5.32 Å². The highest BCUT2D eigenvalue weighted by Gasteiger charge is 2.73. The number of hydrogen-bond acceptors (Lipinski definition) is 5. The Hall–Kier alpha value is -3.68. The fraction of sp³-hybridized carbons (Fsp3) is 0.241. The average molecular weight is 549 g/mol. The standard InChI is InChI=1S/C29H22Cl2N2O5/c1-15(24(34)32-17-13-11-16(12-14-17)27(37)38-2)33-25(35)22-23(26(33)36)29(31)19-8-4-3-7-18(19)28(22,30)20-9-5-6-10-21(20)29/h3-15,22-23H,1-2H3,(H,32,34)/t15-,22-,23-,28?,29?/m0/s1. The van der Waals surface area contributed by atoms with Crippen molar-refractivity contribution in [3.63, 3.8) is 0 Å². The average Bonchev–Trinajstić information content (AvgIpc) is 3.22. The maximum absolute atomic E-state index is 14.0. The van der Waals surface area contributed by atoms with E-state index in [0.717, 1.165) is 4.90 Å². The molecule has 1 saturated heterocycles. The van der Waals surface area contributed by atoms with Gasteiger partial charge in [0.1, 0.15) is 15.8 Å². The van der Waals surface area contributed by atoms with Gasteiger partial charge in [-0.3, -0.25) is 19.3 Å². The topological polar surface area (TPSA) is 92.8 Å². The molecule has 1 N–H and O–H groups in total. The van der Waals surface area contributed by atoms with E-state index in [4.69, 9.17) is 23.2 Å². The number of alkyl halides is 2. The zero-order valence-corrected chi connectivity index (χ0v) is 21.9. The largest absolute Gasteiger partial charge is 0.465 e. The first-order valence-electron chi connectivity index (χ1n) is 12.1. The molecule has 1 fully saturated rings. The van der Waals surface area contributed by atoms with Crippen LogP contribution in [0.2, 0.25) is 0 Å². The molecule has 0 aromatic heterocycles. The third-order valence-corrected chi connectivity index (χ3v) is 9.24. The van der Waals surface area contributed by atoms with Gasteiger partial charge in [-0.25, -0.2) is 4.79 Å². The van der Waals surface area contributed by atoms with Crippen LogP contribution in [0.3, 0.4) is 0 Å². The van der Waals surface area contributed by atoms with Gasteiger partial charge in [-0.05, 0) is 53.4 Å². The molecule has 3 aromatic rings. The summed E-state index contributed by atoms with van der Waals surface area (Å²) in [6, 6.07) is 19.7. The lowest BCUT2D eigenvalue weighted by atomic mass is 9.54. The minimum Gasteiger partial charge on any atom is -0.465 e. The van der Waals surface area contributed by atoms with E-state index < -0.39 is 51.3 Å². The van der Waals surface area contributed by atoms with E-state index >= 15 is 0 Å². The number of methoxy groups -OCH3 is 1. The van der Waals surface area contributed by atoms with E-state index in [-0.39, 0.29) is 0 Å². The summed E-state index contributed by atoms with van der Waals surface area (Å²) in [7, 11) is 1.28. The number of rotatable bonds is 4. The summed E-state index contributed by atoms with van der Waals surface area (Å²) < 4.78 is 4.69. The van der Waals surface area contributed by atoms with Crippen molar-refractivity contribution in [2.24, 2.45) is 11.8 Å². The number of nitrogens with zero attached hydrogens (tertiary/aromatic N) is 1. The lowest BCUT2D eigenvalue weighted by molar-refractivity contribution is -0.146. The number of carbonyl (C=O) groups is 4. The van der Waals surface area contributed by atoms with Crippen LogP contribution in [0.15, 0.2) is 72.8 Å². The SMILES string of the molecule is COC(=O)c1ccc(NC(=O)[C@H](C)N2C(=O)[C@@H]3[C@@H](C2=O)C2(Cl)c4ccccc4C3(Cl)c3ccccc32)cc1. The molecular weight excluding hydrogens is 527 g/mol. The van der Waals surface area contributed by atoms with Gasteiger partial charge in [0.15, 0.2) is 0 Å². The van der Waals surface area contributed by atoms with Crippen LogP contribution in [0, 0.1) is 11.8 Å². The first kappa shape index (κ1) is 24.6. The second kappa shape index (κ2) is 8.41. The minimum absolute atomic E-state index is 0.321. The number of imide groups is 1. The number of hydrogen-bond donors (Lipinski definition) is 1. The van der Waals surface area contributed by atoms with Crippen molar-refractivity contribution in [3.8, 4) is 0 Å². The van der Waals surface area contributed by atoms with Gasteiger partial charge in [-0.15, -0.1) is 23.2 Å². The molecule has 0 spiro atoms. The molecule has 192 valence electrons. The van der Waals surface area contributed by atoms with Gasteiger partial charge in [-0.1, -0.05) is 48.5 Å². The van der Waals surface area contributed by atoms with Crippen molar-refractivity contribution in [1.82, 2.24) is 4.90 Å². The predicted octanol–water partition coefficient (Wildman–Crippen LogP) is 4.39. The number of amides is 3. The van der Waals surface area contributed by atoms with Gasteiger partial charge in [0.2, 0.25) is 17.7 Å². The Kier molecular flexibility index (Phi) is 5.46. The first-order valence-corrected chi connectivity index (χ1v) is 12.8. The fourth-order valence-electron chi connectivity index (χ4n) is 6.24. The van der Waals surface area contributed by atoms with Gasteiger partial charge in [-0.2, -0.15) is 0 Å². The summed E-state index contributed by atoms with van der Waals surface area (Å²) >= 11 is 14.8. The normalized spacial score (nSPS) is 27.3. The predicted molar refractivity (Wildman–Crippen MR) is 141 cm³/mol. The van der Waals surface area contributed by atoms with Crippen molar-refractivity contribution in [2.45, 2.75) is 22.7 Å². The van der Waals surface area contributed by atoms with Gasteiger partial charge < -0.3 is 10.1 Å². The van der Waals surface area contributed by atoms with Crippen LogP contribution in [0.5, 0.6) is 0 Å². The van der Waals surface area contributed by atoms with Crippen molar-refractivity contribution in [3.05, 3.63) is 101 Å². The summed E-state index contributed by atoms with van der Waals surface area (Å²) in [5.41, 5.74) is 3.50. The summed E-state index contributed by atoms with van der Waals surface area (Å²) in [6.45, 7) is 1.50. The summed E-state index contributed by atoms with van der Waals surface area (Å²) in [6.07, 6.45) is 0. The molecule has 3 aromatic carbocycles. The highest BCUT2D eigenvalue weighted by Crippen LogP contribution is 2.69. The Balaban J connectivity index is 1.37. The number of esters is 1. The lowest BCUT2D eigenvalue weighted by Crippen LogP contribution is -2.57. The Morgan fingerprint density at radius 1 is 0.816 bits per heavy atom. The molecule has 0 saturated carbocycles. The van der Waals surface area contributed by atoms with E-state index in [1.54, 1.807) is 12.1 Å². The summed E-state index contributed by atoms with van der Waals surface area (Å²) in [4.78, 5) is 51.3. The molecule has 9 heteroatoms. The molecule has 7 rings (SSSR count). The minimum atomic E-state index is -1.31. The number of halogens is 2. The van der Waals surface area contributed by atoms with E-state index in [0.29, 0.717) is 33.5 Å². The number of carbonyl (C=O) groups excluding carboxylic acids is 4. The van der Waals surface area contributed by atoms with Crippen LogP contribution in [0.1, 0.15) is 39.5 Å². The van der Waals surface area contributed by atoms with Gasteiger partial charge in [0.25, 0.3) is 0 Å². The maximum atomic E-state index is 14.0. The monoisotopic (exact) mass is 548 g/mol. The quantitative estimate of drug-likeness (QED) is 0.296. The molecule has 4 aliphatic rings. The Morgan fingerprint density at radius 3 is 1.63 bits per heavy atom. The van der Waals surface area contributed by atoms with Gasteiger partial charge in [0, 0.05) is 5.69 Å². The number of nitrogens with one attached hydrogen (secondary N) is 1. The number of anilines is 1. The smallest absolute Gasteiger partial charge is 0.337 e. The Labute approximate surface area is 228 Å². The zero-order chi connectivity index (χ0) is 27.0. The Bertz CT molecular complexity index is 1410. The highest BCUT2D eigenvalue weighted by atomic mass is 35.5. The summed E-state index contributed by atoms with van der Waals surface area (Å²) in [5.74, 6) is -4.10. The second-order valence-electron chi connectivity index (χ2n) is 9.75. The van der Waals surface area contributed by atoms with Crippen molar-refractivity contribution >= 4 is 52.6 Å². The molecule has 2 bridgehead atoms. The second-order valence-corrected chi connectivity index (χ2v) is 10.9. The molecule has 1 heterocycles. The van der Waals surface area contributed by atoms with Gasteiger partial charge in [0.05, 0.1) is 24.5 Å². The van der Waals surface area contributed by atoms with Crippen LogP contribution >= 0.6 is 23.2 Å². The number of ether oxygens (including phenoxy) is 1. The van der Waals surface area contributed by atoms with Crippen LogP contribution in [-0.2, 0) is 28.9 Å². The van der Waals surface area contributed by atoms with E-state index in [1.807, 2.05) is 48.5 Å². The van der Waals surface area contributed by atoms with Crippen LogP contribution in [0.4, 0.5) is 5.69 Å². The Morgan fingerprint density at radius 2 is 1.24 bits per heavy atom. The van der Waals surface area contributed by atoms with Crippen molar-refractivity contribution in [2.75, 3.05) is 12.4 Å². The molecular formula is C29H22Cl2N2O5. The third kappa shape index (κ3) is 3.03.